The quantitative estimate of drug-likeness (QED) is 0.609. The van der Waals surface area contributed by atoms with E-state index in [1.54, 1.807) is 0 Å². The Morgan fingerprint density at radius 1 is 1.13 bits per heavy atom. The van der Waals surface area contributed by atoms with Crippen molar-refractivity contribution in [2.45, 2.75) is 46.7 Å². The second kappa shape index (κ2) is 4.12. The molecule has 0 N–H and O–H groups in total. The number of hydrogen-bond donors (Lipinski definition) is 0. The molecule has 0 aliphatic carbocycles. The van der Waals surface area contributed by atoms with Crippen LogP contribution < -0.4 is 0 Å². The molecule has 0 aromatic carbocycles. The van der Waals surface area contributed by atoms with Crippen LogP contribution in [-0.4, -0.2) is 47.9 Å². The maximum Gasteiger partial charge on any atom is 0.228 e. The third-order valence-corrected chi connectivity index (χ3v) is 3.29. The Balaban J connectivity index is 2.70. The SMILES string of the molecule is CC1CN(C(=O)C(C)(C)C)CC(C)N1C. The fraction of sp³-hybridized carbons (Fsp3) is 0.917. The molecule has 1 aliphatic heterocycles. The first kappa shape index (κ1) is 12.5. The summed E-state index contributed by atoms with van der Waals surface area (Å²) in [7, 11) is 2.13. The fourth-order valence-corrected chi connectivity index (χ4v) is 2.04. The van der Waals surface area contributed by atoms with Crippen LogP contribution in [-0.2, 0) is 4.79 Å². The highest BCUT2D eigenvalue weighted by Crippen LogP contribution is 2.21. The average molecular weight is 212 g/mol. The van der Waals surface area contributed by atoms with Crippen molar-refractivity contribution in [2.75, 3.05) is 20.1 Å². The minimum absolute atomic E-state index is 0.255. The van der Waals surface area contributed by atoms with E-state index in [2.05, 4.69) is 25.8 Å². The van der Waals surface area contributed by atoms with E-state index in [1.165, 1.54) is 0 Å². The van der Waals surface area contributed by atoms with Gasteiger partial charge in [-0.3, -0.25) is 9.69 Å². The maximum atomic E-state index is 12.1. The number of piperazine rings is 1. The summed E-state index contributed by atoms with van der Waals surface area (Å²) in [4.78, 5) is 16.5. The molecule has 0 spiro atoms. The Morgan fingerprint density at radius 2 is 1.53 bits per heavy atom. The molecule has 0 aromatic heterocycles. The summed E-state index contributed by atoms with van der Waals surface area (Å²) >= 11 is 0. The summed E-state index contributed by atoms with van der Waals surface area (Å²) in [6, 6.07) is 0.917. The molecule has 3 nitrogen and oxygen atoms in total. The van der Waals surface area contributed by atoms with Crippen molar-refractivity contribution >= 4 is 5.91 Å². The highest BCUT2D eigenvalue weighted by atomic mass is 16.2. The van der Waals surface area contributed by atoms with Crippen molar-refractivity contribution in [3.05, 3.63) is 0 Å². The van der Waals surface area contributed by atoms with E-state index < -0.39 is 0 Å². The van der Waals surface area contributed by atoms with Gasteiger partial charge in [-0.1, -0.05) is 20.8 Å². The van der Waals surface area contributed by atoms with Crippen LogP contribution in [0, 0.1) is 5.41 Å². The van der Waals surface area contributed by atoms with E-state index in [0.717, 1.165) is 13.1 Å². The van der Waals surface area contributed by atoms with Crippen LogP contribution >= 0.6 is 0 Å². The smallest absolute Gasteiger partial charge is 0.228 e. The van der Waals surface area contributed by atoms with Gasteiger partial charge in [0.15, 0.2) is 0 Å². The largest absolute Gasteiger partial charge is 0.339 e. The third kappa shape index (κ3) is 2.71. The Morgan fingerprint density at radius 3 is 1.87 bits per heavy atom. The molecule has 1 fully saturated rings. The van der Waals surface area contributed by atoms with Crippen molar-refractivity contribution < 1.29 is 4.79 Å². The number of likely N-dealkylation sites (N-methyl/N-ethyl adjacent to an activating group) is 1. The summed E-state index contributed by atoms with van der Waals surface area (Å²) in [6.45, 7) is 12.0. The number of hydrogen-bond acceptors (Lipinski definition) is 2. The van der Waals surface area contributed by atoms with E-state index >= 15 is 0 Å². The summed E-state index contributed by atoms with van der Waals surface area (Å²) in [5, 5.41) is 0. The Labute approximate surface area is 93.4 Å². The van der Waals surface area contributed by atoms with Gasteiger partial charge in [0.05, 0.1) is 0 Å². The topological polar surface area (TPSA) is 23.6 Å². The van der Waals surface area contributed by atoms with Gasteiger partial charge in [-0.25, -0.2) is 0 Å². The molecular weight excluding hydrogens is 188 g/mol. The van der Waals surface area contributed by atoms with Gasteiger partial charge in [0, 0.05) is 30.6 Å². The van der Waals surface area contributed by atoms with Crippen LogP contribution in [0.15, 0.2) is 0 Å². The van der Waals surface area contributed by atoms with Gasteiger partial charge >= 0.3 is 0 Å². The summed E-state index contributed by atoms with van der Waals surface area (Å²) in [5.41, 5.74) is -0.255. The standard InChI is InChI=1S/C12H24N2O/c1-9-7-14(8-10(2)13(9)6)11(15)12(3,4)5/h9-10H,7-8H2,1-6H3. The Hall–Kier alpha value is -0.570. The zero-order valence-electron chi connectivity index (χ0n) is 10.9. The Bertz CT molecular complexity index is 232. The molecule has 1 saturated heterocycles. The van der Waals surface area contributed by atoms with Crippen LogP contribution in [0.2, 0.25) is 0 Å². The molecule has 1 heterocycles. The van der Waals surface area contributed by atoms with Crippen LogP contribution in [0.1, 0.15) is 34.6 Å². The van der Waals surface area contributed by atoms with Gasteiger partial charge in [0.25, 0.3) is 0 Å². The average Bonchev–Trinajstić information content (AvgIpc) is 2.10. The highest BCUT2D eigenvalue weighted by Gasteiger charge is 2.34. The molecule has 1 aliphatic rings. The number of amides is 1. The van der Waals surface area contributed by atoms with Gasteiger partial charge in [0.2, 0.25) is 5.91 Å². The van der Waals surface area contributed by atoms with Crippen molar-refractivity contribution in [3.63, 3.8) is 0 Å². The van der Waals surface area contributed by atoms with E-state index in [4.69, 9.17) is 0 Å². The minimum Gasteiger partial charge on any atom is -0.339 e. The molecule has 2 unspecified atom stereocenters. The molecular formula is C12H24N2O. The predicted molar refractivity (Wildman–Crippen MR) is 62.7 cm³/mol. The lowest BCUT2D eigenvalue weighted by atomic mass is 9.93. The van der Waals surface area contributed by atoms with Gasteiger partial charge in [-0.2, -0.15) is 0 Å². The molecule has 88 valence electrons. The second-order valence-corrected chi connectivity index (χ2v) is 5.82. The lowest BCUT2D eigenvalue weighted by Gasteiger charge is -2.44. The lowest BCUT2D eigenvalue weighted by Crippen LogP contribution is -2.58. The molecule has 3 heteroatoms. The van der Waals surface area contributed by atoms with Crippen LogP contribution in [0.25, 0.3) is 0 Å². The summed E-state index contributed by atoms with van der Waals surface area (Å²) in [6.07, 6.45) is 0. The minimum atomic E-state index is -0.255. The van der Waals surface area contributed by atoms with E-state index in [1.807, 2.05) is 25.7 Å². The second-order valence-electron chi connectivity index (χ2n) is 5.82. The molecule has 1 rings (SSSR count). The van der Waals surface area contributed by atoms with Crippen molar-refractivity contribution in [1.29, 1.82) is 0 Å². The third-order valence-electron chi connectivity index (χ3n) is 3.29. The number of nitrogens with zero attached hydrogens (tertiary/aromatic N) is 2. The molecule has 15 heavy (non-hydrogen) atoms. The molecule has 1 amide bonds. The van der Waals surface area contributed by atoms with Gasteiger partial charge < -0.3 is 4.90 Å². The van der Waals surface area contributed by atoms with Crippen molar-refractivity contribution in [3.8, 4) is 0 Å². The maximum absolute atomic E-state index is 12.1. The van der Waals surface area contributed by atoms with Crippen molar-refractivity contribution in [1.82, 2.24) is 9.80 Å². The molecule has 0 bridgehead atoms. The van der Waals surface area contributed by atoms with Gasteiger partial charge in [0.1, 0.15) is 0 Å². The summed E-state index contributed by atoms with van der Waals surface area (Å²) in [5.74, 6) is 0.273. The summed E-state index contributed by atoms with van der Waals surface area (Å²) < 4.78 is 0. The number of rotatable bonds is 0. The molecule has 0 saturated carbocycles. The van der Waals surface area contributed by atoms with Crippen LogP contribution in [0.3, 0.4) is 0 Å². The van der Waals surface area contributed by atoms with Crippen molar-refractivity contribution in [2.24, 2.45) is 5.41 Å². The molecule has 2 atom stereocenters. The Kier molecular flexibility index (Phi) is 3.44. The monoisotopic (exact) mass is 212 g/mol. The number of carbonyl (C=O) groups excluding carboxylic acids is 1. The highest BCUT2D eigenvalue weighted by molar-refractivity contribution is 5.81. The molecule has 0 aromatic rings. The first-order valence-electron chi connectivity index (χ1n) is 5.74. The predicted octanol–water partition coefficient (Wildman–Crippen LogP) is 1.58. The van der Waals surface area contributed by atoms with Crippen LogP contribution in [0.4, 0.5) is 0 Å². The first-order chi connectivity index (χ1) is 6.73. The molecule has 0 radical (unpaired) electrons. The van der Waals surface area contributed by atoms with E-state index in [0.29, 0.717) is 12.1 Å². The number of carbonyl (C=O) groups is 1. The zero-order chi connectivity index (χ0) is 11.8. The van der Waals surface area contributed by atoms with E-state index in [9.17, 15) is 4.79 Å². The van der Waals surface area contributed by atoms with Gasteiger partial charge in [-0.15, -0.1) is 0 Å². The normalized spacial score (nSPS) is 29.3. The fourth-order valence-electron chi connectivity index (χ4n) is 2.04. The zero-order valence-corrected chi connectivity index (χ0v) is 10.9. The van der Waals surface area contributed by atoms with Crippen LogP contribution in [0.5, 0.6) is 0 Å². The lowest BCUT2D eigenvalue weighted by molar-refractivity contribution is -0.143. The van der Waals surface area contributed by atoms with E-state index in [-0.39, 0.29) is 11.3 Å². The van der Waals surface area contributed by atoms with Gasteiger partial charge in [-0.05, 0) is 20.9 Å². The first-order valence-corrected chi connectivity index (χ1v) is 5.74.